The second-order valence-corrected chi connectivity index (χ2v) is 9.83. The summed E-state index contributed by atoms with van der Waals surface area (Å²) in [6, 6.07) is 0. The van der Waals surface area contributed by atoms with Gasteiger partial charge in [0.05, 0.1) is 0 Å². The SMILES string of the molecule is O.O.O.O=C(O)C[CH2][Ge][O][Ge]1[CH2]CC(=O)[O]1. The first-order chi connectivity index (χ1) is 6.18. The summed E-state index contributed by atoms with van der Waals surface area (Å²) < 4.78 is 10.4. The van der Waals surface area contributed by atoms with Gasteiger partial charge < -0.3 is 16.4 Å². The molecule has 1 saturated heterocycles. The molecular weight excluding hydrogens is 345 g/mol. The Hall–Kier alpha value is -0.134. The maximum absolute atomic E-state index is 10.7. The van der Waals surface area contributed by atoms with Crippen LogP contribution in [0.4, 0.5) is 0 Å². The summed E-state index contributed by atoms with van der Waals surface area (Å²) in [5.41, 5.74) is 0. The van der Waals surface area contributed by atoms with Crippen molar-refractivity contribution in [2.75, 3.05) is 0 Å². The van der Waals surface area contributed by atoms with Crippen molar-refractivity contribution in [2.24, 2.45) is 0 Å². The fourth-order valence-corrected chi connectivity index (χ4v) is 8.56. The second kappa shape index (κ2) is 11.4. The van der Waals surface area contributed by atoms with Crippen LogP contribution in [0.2, 0.25) is 10.5 Å². The fourth-order valence-electron chi connectivity index (χ4n) is 0.795. The second-order valence-electron chi connectivity index (χ2n) is 2.49. The van der Waals surface area contributed by atoms with Crippen LogP contribution in [-0.2, 0) is 16.1 Å². The summed E-state index contributed by atoms with van der Waals surface area (Å²) in [5, 5.41) is 9.73. The number of hydrogen-bond donors (Lipinski definition) is 1. The molecule has 0 aromatic rings. The van der Waals surface area contributed by atoms with Crippen LogP contribution in [0, 0.1) is 0 Å². The number of rotatable bonds is 5. The monoisotopic (exact) mass is 363 g/mol. The summed E-state index contributed by atoms with van der Waals surface area (Å²) in [5.74, 6) is -0.944. The molecule has 1 rings (SSSR count). The van der Waals surface area contributed by atoms with Crippen LogP contribution < -0.4 is 0 Å². The first-order valence-electron chi connectivity index (χ1n) is 3.86. The minimum atomic E-state index is -1.95. The average molecular weight is 360 g/mol. The van der Waals surface area contributed by atoms with Crippen LogP contribution in [0.25, 0.3) is 0 Å². The van der Waals surface area contributed by atoms with Gasteiger partial charge in [0.1, 0.15) is 0 Å². The van der Waals surface area contributed by atoms with Gasteiger partial charge in [0.25, 0.3) is 0 Å². The standard InChI is InChI=1S/C6H9Ge2O5.3H2O/c9-5(10)1-3-7-13-8-4-2-6(11)12-8;;;/h1-4H2,(H,9,10);3*1H2. The van der Waals surface area contributed by atoms with E-state index in [1.165, 1.54) is 0 Å². The molecule has 95 valence electrons. The Kier molecular flexibility index (Phi) is 15.0. The average Bonchev–Trinajstić information content (AvgIpc) is 2.45. The first kappa shape index (κ1) is 21.2. The number of carboxylic acids is 1. The van der Waals surface area contributed by atoms with E-state index in [-0.39, 0.29) is 28.8 Å². The van der Waals surface area contributed by atoms with Crippen molar-refractivity contribution in [1.82, 2.24) is 0 Å². The van der Waals surface area contributed by atoms with Crippen LogP contribution in [0.1, 0.15) is 12.8 Å². The molecule has 0 atom stereocenters. The molecule has 0 unspecified atom stereocenters. The molecule has 0 aliphatic carbocycles. The van der Waals surface area contributed by atoms with E-state index in [2.05, 4.69) is 0 Å². The van der Waals surface area contributed by atoms with Gasteiger partial charge in [-0.2, -0.15) is 0 Å². The molecule has 7 N–H and O–H groups in total. The van der Waals surface area contributed by atoms with E-state index in [4.69, 9.17) is 11.7 Å². The van der Waals surface area contributed by atoms with Crippen LogP contribution in [0.5, 0.6) is 0 Å². The van der Waals surface area contributed by atoms with Crippen molar-refractivity contribution in [3.8, 4) is 0 Å². The number of carbonyl (C=O) groups excluding carboxylic acids is 1. The van der Waals surface area contributed by atoms with Gasteiger partial charge in [-0.25, -0.2) is 0 Å². The molecule has 8 nitrogen and oxygen atoms in total. The Bertz CT molecular complexity index is 211. The van der Waals surface area contributed by atoms with Crippen molar-refractivity contribution < 1.29 is 37.7 Å². The molecule has 16 heavy (non-hydrogen) atoms. The van der Waals surface area contributed by atoms with E-state index in [1.807, 2.05) is 0 Å². The normalized spacial score (nSPS) is 14.1. The minimum absolute atomic E-state index is 0. The third kappa shape index (κ3) is 9.12. The van der Waals surface area contributed by atoms with Gasteiger partial charge in [0.2, 0.25) is 0 Å². The molecule has 0 saturated carbocycles. The quantitative estimate of drug-likeness (QED) is 0.421. The van der Waals surface area contributed by atoms with Gasteiger partial charge in [-0.05, 0) is 0 Å². The third-order valence-corrected chi connectivity index (χ3v) is 9.51. The third-order valence-electron chi connectivity index (χ3n) is 1.39. The fraction of sp³-hybridized carbons (Fsp3) is 0.667. The van der Waals surface area contributed by atoms with Gasteiger partial charge >= 0.3 is 87.3 Å². The Labute approximate surface area is 104 Å². The van der Waals surface area contributed by atoms with Crippen LogP contribution in [0.15, 0.2) is 0 Å². The molecule has 1 heterocycles. The Morgan fingerprint density at radius 3 is 2.56 bits per heavy atom. The van der Waals surface area contributed by atoms with Gasteiger partial charge in [0, 0.05) is 0 Å². The summed E-state index contributed by atoms with van der Waals surface area (Å²) in [4.78, 5) is 20.8. The van der Waals surface area contributed by atoms with Crippen molar-refractivity contribution in [3.63, 3.8) is 0 Å². The van der Waals surface area contributed by atoms with Gasteiger partial charge in [-0.3, -0.25) is 0 Å². The zero-order valence-electron chi connectivity index (χ0n) is 8.41. The molecule has 1 fully saturated rings. The van der Waals surface area contributed by atoms with Crippen molar-refractivity contribution in [3.05, 3.63) is 0 Å². The predicted octanol–water partition coefficient (Wildman–Crippen LogP) is -2.52. The maximum atomic E-state index is 10.7. The summed E-state index contributed by atoms with van der Waals surface area (Å²) >= 11 is -2.60. The van der Waals surface area contributed by atoms with Crippen molar-refractivity contribution in [1.29, 1.82) is 0 Å². The molecule has 0 bridgehead atoms. The van der Waals surface area contributed by atoms with E-state index < -0.39 is 36.8 Å². The topological polar surface area (TPSA) is 167 Å². The number of aliphatic carboxylic acids is 1. The Balaban J connectivity index is -0.000000563. The predicted molar refractivity (Wildman–Crippen MR) is 56.0 cm³/mol. The van der Waals surface area contributed by atoms with Gasteiger partial charge in [-0.1, -0.05) is 0 Å². The summed E-state index contributed by atoms with van der Waals surface area (Å²) in [7, 11) is 0. The Morgan fingerprint density at radius 1 is 1.50 bits per heavy atom. The molecule has 0 aromatic carbocycles. The molecule has 1 aliphatic rings. The van der Waals surface area contributed by atoms with Crippen LogP contribution in [0.3, 0.4) is 0 Å². The van der Waals surface area contributed by atoms with Crippen molar-refractivity contribution >= 4 is 42.7 Å². The molecule has 1 aliphatic heterocycles. The number of carbonyl (C=O) groups is 2. The zero-order chi connectivity index (χ0) is 9.68. The first-order valence-corrected chi connectivity index (χ1v) is 9.40. The van der Waals surface area contributed by atoms with Crippen LogP contribution in [-0.4, -0.2) is 64.3 Å². The Morgan fingerprint density at radius 2 is 2.12 bits per heavy atom. The van der Waals surface area contributed by atoms with E-state index >= 15 is 0 Å². The summed E-state index contributed by atoms with van der Waals surface area (Å²) in [6.45, 7) is 0. The number of carboxylic acid groups (broad SMARTS) is 1. The molecule has 0 amide bonds. The van der Waals surface area contributed by atoms with Crippen LogP contribution >= 0.6 is 0 Å². The van der Waals surface area contributed by atoms with E-state index in [9.17, 15) is 9.59 Å². The van der Waals surface area contributed by atoms with E-state index in [0.717, 1.165) is 5.25 Å². The zero-order valence-corrected chi connectivity index (χ0v) is 12.6. The molecular formula is C6H15Ge2O8. The van der Waals surface area contributed by atoms with Gasteiger partial charge in [0.15, 0.2) is 0 Å². The van der Waals surface area contributed by atoms with E-state index in [0.29, 0.717) is 11.7 Å². The van der Waals surface area contributed by atoms with Gasteiger partial charge in [-0.15, -0.1) is 0 Å². The number of hydrogen-bond acceptors (Lipinski definition) is 4. The molecule has 0 spiro atoms. The van der Waals surface area contributed by atoms with E-state index in [1.54, 1.807) is 0 Å². The summed E-state index contributed by atoms with van der Waals surface area (Å²) in [6.07, 6.45) is 0.653. The molecule has 3 radical (unpaired) electrons. The van der Waals surface area contributed by atoms with Crippen molar-refractivity contribution in [2.45, 2.75) is 23.3 Å². The molecule has 10 heteroatoms. The molecule has 0 aromatic heterocycles.